The number of unbranched alkanes of at least 4 members (excludes halogenated alkanes) is 4. The molecule has 0 N–H and O–H groups in total. The van der Waals surface area contributed by atoms with Gasteiger partial charge in [0.15, 0.2) is 0 Å². The SMILES string of the molecule is CCCCCCC12CC3CC(CC(CCCC)(C3)C1)C2. The molecule has 0 heteroatoms. The van der Waals surface area contributed by atoms with Gasteiger partial charge < -0.3 is 0 Å². The second kappa shape index (κ2) is 6.01. The van der Waals surface area contributed by atoms with E-state index in [9.17, 15) is 0 Å². The van der Waals surface area contributed by atoms with Gasteiger partial charge in [0.2, 0.25) is 0 Å². The van der Waals surface area contributed by atoms with Gasteiger partial charge in [-0.15, -0.1) is 0 Å². The Morgan fingerprint density at radius 3 is 1.80 bits per heavy atom. The van der Waals surface area contributed by atoms with Crippen molar-refractivity contribution in [3.63, 3.8) is 0 Å². The first kappa shape index (κ1) is 14.9. The van der Waals surface area contributed by atoms with Crippen LogP contribution in [0.25, 0.3) is 0 Å². The summed E-state index contributed by atoms with van der Waals surface area (Å²) >= 11 is 0. The summed E-state index contributed by atoms with van der Waals surface area (Å²) in [4.78, 5) is 0. The molecule has 0 saturated heterocycles. The van der Waals surface area contributed by atoms with Crippen molar-refractivity contribution in [3.8, 4) is 0 Å². The summed E-state index contributed by atoms with van der Waals surface area (Å²) in [6, 6.07) is 0. The highest BCUT2D eigenvalue weighted by atomic mass is 14.6. The normalized spacial score (nSPS) is 42.3. The van der Waals surface area contributed by atoms with Crippen LogP contribution in [0.3, 0.4) is 0 Å². The lowest BCUT2D eigenvalue weighted by molar-refractivity contribution is -0.118. The second-order valence-electron chi connectivity index (χ2n) is 8.88. The summed E-state index contributed by atoms with van der Waals surface area (Å²) < 4.78 is 0. The van der Waals surface area contributed by atoms with Crippen LogP contribution in [0.4, 0.5) is 0 Å². The first-order valence-corrected chi connectivity index (χ1v) is 9.69. The van der Waals surface area contributed by atoms with E-state index in [-0.39, 0.29) is 0 Å². The van der Waals surface area contributed by atoms with E-state index in [1.807, 2.05) is 0 Å². The largest absolute Gasteiger partial charge is 0.0654 e. The Bertz CT molecular complexity index is 302. The molecule has 20 heavy (non-hydrogen) atoms. The summed E-state index contributed by atoms with van der Waals surface area (Å²) in [5.74, 6) is 2.25. The molecule has 4 aliphatic carbocycles. The zero-order valence-corrected chi connectivity index (χ0v) is 14.1. The van der Waals surface area contributed by atoms with Gasteiger partial charge in [-0.25, -0.2) is 0 Å². The molecule has 0 amide bonds. The molecule has 4 aliphatic rings. The molecule has 4 fully saturated rings. The fraction of sp³-hybridized carbons (Fsp3) is 1.00. The van der Waals surface area contributed by atoms with E-state index in [0.717, 1.165) is 22.7 Å². The van der Waals surface area contributed by atoms with Crippen molar-refractivity contribution in [2.75, 3.05) is 0 Å². The van der Waals surface area contributed by atoms with Crippen LogP contribution in [0.1, 0.15) is 104 Å². The minimum atomic E-state index is 0.810. The maximum atomic E-state index is 2.38. The van der Waals surface area contributed by atoms with Crippen LogP contribution in [0, 0.1) is 22.7 Å². The van der Waals surface area contributed by atoms with Gasteiger partial charge in [-0.2, -0.15) is 0 Å². The van der Waals surface area contributed by atoms with E-state index in [2.05, 4.69) is 13.8 Å². The molecule has 116 valence electrons. The van der Waals surface area contributed by atoms with Gasteiger partial charge in [0.25, 0.3) is 0 Å². The van der Waals surface area contributed by atoms with Gasteiger partial charge in [-0.1, -0.05) is 52.4 Å². The van der Waals surface area contributed by atoms with Gasteiger partial charge in [0, 0.05) is 0 Å². The molecule has 0 nitrogen and oxygen atoms in total. The third-order valence-corrected chi connectivity index (χ3v) is 6.92. The lowest BCUT2D eigenvalue weighted by atomic mass is 9.42. The lowest BCUT2D eigenvalue weighted by Crippen LogP contribution is -2.51. The first-order valence-electron chi connectivity index (χ1n) is 9.69. The van der Waals surface area contributed by atoms with E-state index < -0.39 is 0 Å². The van der Waals surface area contributed by atoms with Crippen LogP contribution in [0.5, 0.6) is 0 Å². The minimum absolute atomic E-state index is 0.810. The highest BCUT2D eigenvalue weighted by Crippen LogP contribution is 2.67. The monoisotopic (exact) mass is 276 g/mol. The molecule has 0 heterocycles. The Morgan fingerprint density at radius 1 is 0.700 bits per heavy atom. The molecule has 0 radical (unpaired) electrons. The Balaban J connectivity index is 1.63. The summed E-state index contributed by atoms with van der Waals surface area (Å²) in [6.45, 7) is 4.71. The molecule has 0 aromatic heterocycles. The molecule has 2 atom stereocenters. The van der Waals surface area contributed by atoms with E-state index in [1.165, 1.54) is 38.5 Å². The van der Waals surface area contributed by atoms with Gasteiger partial charge in [0.05, 0.1) is 0 Å². The van der Waals surface area contributed by atoms with Crippen LogP contribution in [0.15, 0.2) is 0 Å². The van der Waals surface area contributed by atoms with Crippen LogP contribution in [-0.4, -0.2) is 0 Å². The highest BCUT2D eigenvalue weighted by molar-refractivity contribution is 5.07. The van der Waals surface area contributed by atoms with Crippen molar-refractivity contribution in [1.29, 1.82) is 0 Å². The first-order chi connectivity index (χ1) is 9.69. The Labute approximate surface area is 127 Å². The molecule has 0 aromatic rings. The summed E-state index contributed by atoms with van der Waals surface area (Å²) in [5, 5.41) is 0. The Morgan fingerprint density at radius 2 is 1.25 bits per heavy atom. The molecule has 4 rings (SSSR count). The van der Waals surface area contributed by atoms with E-state index in [0.29, 0.717) is 0 Å². The average Bonchev–Trinajstić information content (AvgIpc) is 2.40. The van der Waals surface area contributed by atoms with Crippen molar-refractivity contribution in [2.24, 2.45) is 22.7 Å². The quantitative estimate of drug-likeness (QED) is 0.431. The van der Waals surface area contributed by atoms with E-state index in [1.54, 1.807) is 51.4 Å². The fourth-order valence-electron chi connectivity index (χ4n) is 6.71. The molecule has 4 saturated carbocycles. The fourth-order valence-corrected chi connectivity index (χ4v) is 6.71. The highest BCUT2D eigenvalue weighted by Gasteiger charge is 2.56. The summed E-state index contributed by atoms with van der Waals surface area (Å²) in [7, 11) is 0. The van der Waals surface area contributed by atoms with Gasteiger partial charge in [-0.3, -0.25) is 0 Å². The molecule has 0 aliphatic heterocycles. The third-order valence-electron chi connectivity index (χ3n) is 6.92. The van der Waals surface area contributed by atoms with E-state index >= 15 is 0 Å². The lowest BCUT2D eigenvalue weighted by Gasteiger charge is -2.63. The van der Waals surface area contributed by atoms with Crippen molar-refractivity contribution in [3.05, 3.63) is 0 Å². The van der Waals surface area contributed by atoms with Crippen molar-refractivity contribution in [1.82, 2.24) is 0 Å². The van der Waals surface area contributed by atoms with Crippen molar-refractivity contribution < 1.29 is 0 Å². The molecule has 2 unspecified atom stereocenters. The van der Waals surface area contributed by atoms with Gasteiger partial charge in [0.1, 0.15) is 0 Å². The molecular formula is C20H36. The smallest absolute Gasteiger partial charge is 0.0287 e. The summed E-state index contributed by atoms with van der Waals surface area (Å²) in [5.41, 5.74) is 1.62. The standard InChI is InChI=1S/C20H36/c1-3-5-7-8-10-20-14-17-11-18(15-20)13-19(12-17,16-20)9-6-4-2/h17-18H,3-16H2,1-2H3. The average molecular weight is 277 g/mol. The molecule has 0 aromatic carbocycles. The molecule has 4 bridgehead atoms. The van der Waals surface area contributed by atoms with Crippen LogP contribution < -0.4 is 0 Å². The molecule has 0 spiro atoms. The third kappa shape index (κ3) is 2.95. The number of rotatable bonds is 8. The van der Waals surface area contributed by atoms with Crippen molar-refractivity contribution in [2.45, 2.75) is 104 Å². The van der Waals surface area contributed by atoms with Gasteiger partial charge >= 0.3 is 0 Å². The maximum absolute atomic E-state index is 2.38. The van der Waals surface area contributed by atoms with Crippen LogP contribution >= 0.6 is 0 Å². The molecular weight excluding hydrogens is 240 g/mol. The van der Waals surface area contributed by atoms with Crippen molar-refractivity contribution >= 4 is 0 Å². The van der Waals surface area contributed by atoms with Gasteiger partial charge in [-0.05, 0) is 74.0 Å². The predicted molar refractivity (Wildman–Crippen MR) is 87.8 cm³/mol. The predicted octanol–water partition coefficient (Wildman–Crippen LogP) is 6.73. The van der Waals surface area contributed by atoms with E-state index in [4.69, 9.17) is 0 Å². The summed E-state index contributed by atoms with van der Waals surface area (Å²) in [6.07, 6.45) is 21.6. The number of hydrogen-bond donors (Lipinski definition) is 0. The Hall–Kier alpha value is 0. The van der Waals surface area contributed by atoms with Crippen LogP contribution in [-0.2, 0) is 0 Å². The zero-order valence-electron chi connectivity index (χ0n) is 14.1. The topological polar surface area (TPSA) is 0 Å². The zero-order chi connectivity index (χ0) is 14.1. The van der Waals surface area contributed by atoms with Crippen LogP contribution in [0.2, 0.25) is 0 Å². The maximum Gasteiger partial charge on any atom is -0.0287 e. The number of hydrogen-bond acceptors (Lipinski definition) is 0. The minimum Gasteiger partial charge on any atom is -0.0654 e. The second-order valence-corrected chi connectivity index (χ2v) is 8.88. The Kier molecular flexibility index (Phi) is 4.48.